The van der Waals surface area contributed by atoms with Crippen LogP contribution in [0.15, 0.2) is 51.7 Å². The summed E-state index contributed by atoms with van der Waals surface area (Å²) >= 11 is 0. The first kappa shape index (κ1) is 21.7. The Kier molecular flexibility index (Phi) is 5.33. The molecule has 0 bridgehead atoms. The maximum Gasteiger partial charge on any atom is 0.209 e. The van der Waals surface area contributed by atoms with Crippen LogP contribution in [0.4, 0.5) is 0 Å². The molecule has 9 heteroatoms. The third-order valence-electron chi connectivity index (χ3n) is 5.83. The lowest BCUT2D eigenvalue weighted by molar-refractivity contribution is -0.0134. The molecule has 0 aliphatic carbocycles. The first-order valence-corrected chi connectivity index (χ1v) is 10.5. The Morgan fingerprint density at radius 1 is 0.912 bits per heavy atom. The molecule has 0 radical (unpaired) electrons. The molecule has 0 spiro atoms. The number of phenolic OH excluding ortho intramolecular Hbond substituents is 1. The maximum absolute atomic E-state index is 13.4. The highest BCUT2D eigenvalue weighted by molar-refractivity contribution is 5.97. The fourth-order valence-corrected chi connectivity index (χ4v) is 4.18. The van der Waals surface area contributed by atoms with Gasteiger partial charge in [0.1, 0.15) is 16.7 Å². The Hall–Kier alpha value is -4.11. The SMILES string of the molecule is COc1cc(C2Oc3c(OC)cc4c(=O)c5c(OC)cccc5oc4c3OC2CO)ccc1O. The van der Waals surface area contributed by atoms with Crippen molar-refractivity contribution in [2.75, 3.05) is 27.9 Å². The van der Waals surface area contributed by atoms with Crippen molar-refractivity contribution in [2.45, 2.75) is 12.2 Å². The van der Waals surface area contributed by atoms with E-state index in [4.69, 9.17) is 28.1 Å². The molecule has 176 valence electrons. The standard InChI is InChI=1S/C25H22O9/c1-29-15-5-4-6-16-20(15)21(28)13-10-18(31-3)24-25(23(13)32-16)33-19(11-26)22(34-24)12-7-8-14(27)17(9-12)30-2/h4-10,19,22,26-27H,11H2,1-3H3. The maximum atomic E-state index is 13.4. The Balaban J connectivity index is 1.74. The van der Waals surface area contributed by atoms with Crippen LogP contribution in [0.1, 0.15) is 11.7 Å². The number of ether oxygens (including phenoxy) is 5. The summed E-state index contributed by atoms with van der Waals surface area (Å²) in [6, 6.07) is 11.3. The average molecular weight is 466 g/mol. The largest absolute Gasteiger partial charge is 0.504 e. The van der Waals surface area contributed by atoms with Crippen molar-refractivity contribution in [1.82, 2.24) is 0 Å². The second-order valence-electron chi connectivity index (χ2n) is 7.69. The normalized spacial score (nSPS) is 17.1. The fraction of sp³-hybridized carbons (Fsp3) is 0.240. The number of aliphatic hydroxyl groups is 1. The monoisotopic (exact) mass is 466 g/mol. The van der Waals surface area contributed by atoms with Gasteiger partial charge in [-0.25, -0.2) is 0 Å². The van der Waals surface area contributed by atoms with E-state index in [2.05, 4.69) is 0 Å². The smallest absolute Gasteiger partial charge is 0.209 e. The third kappa shape index (κ3) is 3.24. The zero-order valence-corrected chi connectivity index (χ0v) is 18.7. The van der Waals surface area contributed by atoms with E-state index in [-0.39, 0.29) is 45.1 Å². The summed E-state index contributed by atoms with van der Waals surface area (Å²) in [5.74, 6) is 1.24. The molecule has 1 aliphatic rings. The van der Waals surface area contributed by atoms with Crippen molar-refractivity contribution in [3.63, 3.8) is 0 Å². The van der Waals surface area contributed by atoms with Crippen LogP contribution in [0.3, 0.4) is 0 Å². The lowest BCUT2D eigenvalue weighted by atomic mass is 10.0. The summed E-state index contributed by atoms with van der Waals surface area (Å²) in [5, 5.41) is 20.6. The molecule has 0 amide bonds. The fourth-order valence-electron chi connectivity index (χ4n) is 4.18. The number of hydrogen-bond acceptors (Lipinski definition) is 9. The summed E-state index contributed by atoms with van der Waals surface area (Å²) in [5.41, 5.74) is 0.774. The van der Waals surface area contributed by atoms with Crippen LogP contribution in [0.25, 0.3) is 21.9 Å². The van der Waals surface area contributed by atoms with Gasteiger partial charge in [-0.2, -0.15) is 0 Å². The first-order chi connectivity index (χ1) is 16.5. The molecule has 0 saturated carbocycles. The van der Waals surface area contributed by atoms with Crippen LogP contribution < -0.4 is 29.1 Å². The Bertz CT molecular complexity index is 1460. The van der Waals surface area contributed by atoms with Crippen LogP contribution in [0, 0.1) is 0 Å². The second-order valence-corrected chi connectivity index (χ2v) is 7.69. The number of hydrogen-bond donors (Lipinski definition) is 2. The molecule has 9 nitrogen and oxygen atoms in total. The topological polar surface area (TPSA) is 117 Å². The molecule has 2 N–H and O–H groups in total. The lowest BCUT2D eigenvalue weighted by Gasteiger charge is -2.34. The van der Waals surface area contributed by atoms with E-state index in [1.54, 1.807) is 30.3 Å². The zero-order valence-electron chi connectivity index (χ0n) is 18.7. The number of benzene rings is 3. The van der Waals surface area contributed by atoms with Gasteiger partial charge in [0.15, 0.2) is 35.0 Å². The molecule has 4 aromatic rings. The molecule has 2 atom stereocenters. The number of phenols is 1. The van der Waals surface area contributed by atoms with Crippen molar-refractivity contribution < 1.29 is 38.3 Å². The van der Waals surface area contributed by atoms with Crippen LogP contribution in [-0.2, 0) is 0 Å². The highest BCUT2D eigenvalue weighted by Gasteiger charge is 2.37. The Morgan fingerprint density at radius 2 is 1.68 bits per heavy atom. The minimum absolute atomic E-state index is 0.0309. The van der Waals surface area contributed by atoms with Crippen molar-refractivity contribution >= 4 is 21.9 Å². The summed E-state index contributed by atoms with van der Waals surface area (Å²) in [6.45, 7) is -0.391. The van der Waals surface area contributed by atoms with E-state index in [1.807, 2.05) is 0 Å². The molecule has 0 fully saturated rings. The summed E-state index contributed by atoms with van der Waals surface area (Å²) in [6.07, 6.45) is -1.60. The predicted octanol–water partition coefficient (Wildman–Crippen LogP) is 3.55. The van der Waals surface area contributed by atoms with Gasteiger partial charge in [-0.15, -0.1) is 0 Å². The summed E-state index contributed by atoms with van der Waals surface area (Å²) in [4.78, 5) is 13.4. The second kappa shape index (κ2) is 8.35. The number of aromatic hydroxyl groups is 1. The zero-order chi connectivity index (χ0) is 24.0. The van der Waals surface area contributed by atoms with E-state index in [0.717, 1.165) is 0 Å². The van der Waals surface area contributed by atoms with Gasteiger partial charge in [0.2, 0.25) is 16.9 Å². The molecule has 5 rings (SSSR count). The van der Waals surface area contributed by atoms with E-state index < -0.39 is 18.8 Å². The number of methoxy groups -OCH3 is 3. The van der Waals surface area contributed by atoms with Gasteiger partial charge < -0.3 is 38.3 Å². The van der Waals surface area contributed by atoms with Crippen LogP contribution in [-0.4, -0.2) is 44.3 Å². The quantitative estimate of drug-likeness (QED) is 0.426. The molecule has 2 unspecified atom stereocenters. The van der Waals surface area contributed by atoms with Crippen molar-refractivity contribution in [2.24, 2.45) is 0 Å². The van der Waals surface area contributed by atoms with Crippen LogP contribution in [0.2, 0.25) is 0 Å². The molecule has 2 heterocycles. The number of fused-ring (bicyclic) bond motifs is 4. The predicted molar refractivity (Wildman–Crippen MR) is 123 cm³/mol. The summed E-state index contributed by atoms with van der Waals surface area (Å²) in [7, 11) is 4.37. The third-order valence-corrected chi connectivity index (χ3v) is 5.83. The van der Waals surface area contributed by atoms with E-state index in [0.29, 0.717) is 22.3 Å². The molecule has 3 aromatic carbocycles. The van der Waals surface area contributed by atoms with Gasteiger partial charge in [-0.1, -0.05) is 12.1 Å². The molecule has 0 saturated heterocycles. The van der Waals surface area contributed by atoms with Gasteiger partial charge in [-0.05, 0) is 30.3 Å². The highest BCUT2D eigenvalue weighted by atomic mass is 16.6. The van der Waals surface area contributed by atoms with E-state index >= 15 is 0 Å². The lowest BCUT2D eigenvalue weighted by Crippen LogP contribution is -2.36. The Labute approximate surface area is 193 Å². The molecular weight excluding hydrogens is 444 g/mol. The minimum atomic E-state index is -0.844. The summed E-state index contributed by atoms with van der Waals surface area (Å²) < 4.78 is 34.5. The molecule has 1 aliphatic heterocycles. The molecule has 34 heavy (non-hydrogen) atoms. The number of rotatable bonds is 5. The first-order valence-electron chi connectivity index (χ1n) is 10.5. The molecular formula is C25H22O9. The van der Waals surface area contributed by atoms with Gasteiger partial charge in [0.05, 0.1) is 33.3 Å². The van der Waals surface area contributed by atoms with Gasteiger partial charge in [-0.3, -0.25) is 4.79 Å². The van der Waals surface area contributed by atoms with Crippen molar-refractivity contribution in [3.8, 4) is 34.5 Å². The molecule has 1 aromatic heterocycles. The van der Waals surface area contributed by atoms with Gasteiger partial charge in [0, 0.05) is 5.56 Å². The van der Waals surface area contributed by atoms with E-state index in [9.17, 15) is 15.0 Å². The Morgan fingerprint density at radius 3 is 2.38 bits per heavy atom. The van der Waals surface area contributed by atoms with Crippen molar-refractivity contribution in [1.29, 1.82) is 0 Å². The van der Waals surface area contributed by atoms with Gasteiger partial charge in [0.25, 0.3) is 0 Å². The van der Waals surface area contributed by atoms with Gasteiger partial charge >= 0.3 is 0 Å². The van der Waals surface area contributed by atoms with E-state index in [1.165, 1.54) is 33.5 Å². The number of aliphatic hydroxyl groups excluding tert-OH is 1. The van der Waals surface area contributed by atoms with Crippen LogP contribution in [0.5, 0.6) is 34.5 Å². The minimum Gasteiger partial charge on any atom is -0.504 e. The highest BCUT2D eigenvalue weighted by Crippen LogP contribution is 2.50. The van der Waals surface area contributed by atoms with Crippen molar-refractivity contribution in [3.05, 3.63) is 58.3 Å². The average Bonchev–Trinajstić information content (AvgIpc) is 2.87. The van der Waals surface area contributed by atoms with Crippen LogP contribution >= 0.6 is 0 Å².